The third kappa shape index (κ3) is 13.2. The minimum absolute atomic E-state index is 0.193. The second-order valence-corrected chi connectivity index (χ2v) is 22.7. The van der Waals surface area contributed by atoms with E-state index in [1.54, 1.807) is 17.7 Å². The Morgan fingerprint density at radius 3 is 1.21 bits per heavy atom. The van der Waals surface area contributed by atoms with E-state index in [0.29, 0.717) is 56.1 Å². The third-order valence-corrected chi connectivity index (χ3v) is 19.7. The molecule has 0 aromatic heterocycles. The van der Waals surface area contributed by atoms with E-state index in [0.717, 1.165) is 10.8 Å². The van der Waals surface area contributed by atoms with Crippen LogP contribution in [0.15, 0.2) is 65.1 Å². The van der Waals surface area contributed by atoms with Crippen molar-refractivity contribution in [2.75, 3.05) is 6.54 Å². The third-order valence-electron chi connectivity index (χ3n) is 19.2. The molecule has 0 saturated carbocycles. The lowest BCUT2D eigenvalue weighted by molar-refractivity contribution is -0.0489. The van der Waals surface area contributed by atoms with E-state index in [1.807, 2.05) is 31.2 Å². The number of hydrogen-bond acceptors (Lipinski definition) is 2. The Kier molecular flexibility index (Phi) is 22.7. The van der Waals surface area contributed by atoms with Gasteiger partial charge in [-0.2, -0.15) is 0 Å². The van der Waals surface area contributed by atoms with Gasteiger partial charge in [-0.15, -0.1) is 0 Å². The molecule has 1 aliphatic heterocycles. The normalized spacial score (nSPS) is 15.2. The molecule has 0 radical (unpaired) electrons. The molecule has 0 fully saturated rings. The van der Waals surface area contributed by atoms with E-state index >= 15 is 0 Å². The number of carbonyl (C=O) groups is 2. The van der Waals surface area contributed by atoms with Gasteiger partial charge < -0.3 is 0 Å². The summed E-state index contributed by atoms with van der Waals surface area (Å²) in [5.41, 5.74) is 5.14. The summed E-state index contributed by atoms with van der Waals surface area (Å²) in [6.45, 7) is 37.6. The van der Waals surface area contributed by atoms with Crippen LogP contribution in [0.4, 0.5) is 0 Å². The van der Waals surface area contributed by atoms with E-state index in [2.05, 4.69) is 137 Å². The van der Waals surface area contributed by atoms with Gasteiger partial charge in [-0.05, 0) is 132 Å². The number of rotatable bonds is 29. The molecule has 372 valence electrons. The molecular weight excluding hydrogens is 871 g/mol. The van der Waals surface area contributed by atoms with Crippen molar-refractivity contribution in [3.63, 3.8) is 0 Å². The van der Waals surface area contributed by atoms with Crippen molar-refractivity contribution in [2.24, 2.45) is 32.5 Å². The van der Waals surface area contributed by atoms with Crippen molar-refractivity contribution in [3.05, 3.63) is 81.8 Å². The predicted octanol–water partition coefficient (Wildman–Crippen LogP) is 20.4. The maximum absolute atomic E-state index is 12.1. The van der Waals surface area contributed by atoms with Gasteiger partial charge in [0.15, 0.2) is 0 Å². The molecule has 2 unspecified atom stereocenters. The zero-order valence-electron chi connectivity index (χ0n) is 45.5. The minimum Gasteiger partial charge on any atom is -0.275 e. The summed E-state index contributed by atoms with van der Waals surface area (Å²) < 4.78 is 1.24. The fourth-order valence-corrected chi connectivity index (χ4v) is 14.4. The Hall–Kier alpha value is -2.46. The van der Waals surface area contributed by atoms with Gasteiger partial charge in [0, 0.05) is 27.5 Å². The fraction of sp³-hybridized carbons (Fsp3) is 0.710. The summed E-state index contributed by atoms with van der Waals surface area (Å²) in [6.07, 6.45) is 28.0. The topological polar surface area (TPSA) is 37.4 Å². The summed E-state index contributed by atoms with van der Waals surface area (Å²) >= 11 is 3.88. The highest BCUT2D eigenvalue weighted by Gasteiger charge is 2.52. The molecule has 66 heavy (non-hydrogen) atoms. The van der Waals surface area contributed by atoms with Gasteiger partial charge in [-0.3, -0.25) is 14.5 Å². The Balaban J connectivity index is 0.000000556. The molecule has 0 aliphatic carbocycles. The molecule has 0 saturated heterocycles. The van der Waals surface area contributed by atoms with Crippen LogP contribution in [0.1, 0.15) is 271 Å². The Morgan fingerprint density at radius 1 is 0.470 bits per heavy atom. The number of nitrogens with zero attached hydrogens (tertiary/aromatic N) is 1. The van der Waals surface area contributed by atoms with Crippen LogP contribution in [0.5, 0.6) is 0 Å². The first-order chi connectivity index (χ1) is 31.5. The second-order valence-electron chi connectivity index (χ2n) is 21.8. The summed E-state index contributed by atoms with van der Waals surface area (Å²) in [5, 5.41) is 1.73. The first-order valence-corrected chi connectivity index (χ1v) is 28.4. The van der Waals surface area contributed by atoms with E-state index in [-0.39, 0.29) is 11.8 Å². The molecule has 0 bridgehead atoms. The van der Waals surface area contributed by atoms with Gasteiger partial charge >= 0.3 is 0 Å². The van der Waals surface area contributed by atoms with Gasteiger partial charge in [0.25, 0.3) is 11.8 Å². The lowest BCUT2D eigenvalue weighted by atomic mass is 9.49. The van der Waals surface area contributed by atoms with E-state index in [9.17, 15) is 9.59 Å². The first kappa shape index (κ1) is 57.9. The highest BCUT2D eigenvalue weighted by Crippen LogP contribution is 2.63. The monoisotopic (exact) mass is 970 g/mol. The lowest BCUT2D eigenvalue weighted by Crippen LogP contribution is -2.45. The number of benzene rings is 3. The van der Waals surface area contributed by atoms with Crippen LogP contribution in [0.3, 0.4) is 0 Å². The summed E-state index contributed by atoms with van der Waals surface area (Å²) in [7, 11) is 0. The second kappa shape index (κ2) is 25.9. The number of imide groups is 1. The molecule has 2 atom stereocenters. The van der Waals surface area contributed by atoms with Crippen molar-refractivity contribution < 1.29 is 9.59 Å². The molecule has 0 spiro atoms. The van der Waals surface area contributed by atoms with Crippen molar-refractivity contribution in [3.8, 4) is 0 Å². The highest BCUT2D eigenvalue weighted by molar-refractivity contribution is 9.10. The average molecular weight is 971 g/mol. The molecule has 3 aromatic carbocycles. The summed E-state index contributed by atoms with van der Waals surface area (Å²) in [4.78, 5) is 25.6. The maximum Gasteiger partial charge on any atom is 0.261 e. The van der Waals surface area contributed by atoms with Crippen LogP contribution in [0.2, 0.25) is 0 Å². The maximum atomic E-state index is 12.1. The van der Waals surface area contributed by atoms with Crippen LogP contribution in [-0.4, -0.2) is 23.3 Å². The van der Waals surface area contributed by atoms with E-state index < -0.39 is 0 Å². The van der Waals surface area contributed by atoms with Gasteiger partial charge in [0.1, 0.15) is 0 Å². The Bertz CT molecular complexity index is 1830. The van der Waals surface area contributed by atoms with Crippen molar-refractivity contribution >= 4 is 38.5 Å². The van der Waals surface area contributed by atoms with Crippen molar-refractivity contribution in [1.29, 1.82) is 0 Å². The number of carbonyl (C=O) groups excluding carboxylic acids is 2. The van der Waals surface area contributed by atoms with Crippen LogP contribution < -0.4 is 0 Å². The lowest BCUT2D eigenvalue weighted by Gasteiger charge is -2.56. The molecule has 3 aromatic rings. The van der Waals surface area contributed by atoms with Gasteiger partial charge in [-0.1, -0.05) is 233 Å². The van der Waals surface area contributed by atoms with Gasteiger partial charge in [-0.25, -0.2) is 0 Å². The van der Waals surface area contributed by atoms with E-state index in [1.165, 1.54) is 144 Å². The summed E-state index contributed by atoms with van der Waals surface area (Å²) in [6, 6.07) is 20.5. The zero-order chi connectivity index (χ0) is 49.4. The minimum atomic E-state index is -0.193. The van der Waals surface area contributed by atoms with Crippen molar-refractivity contribution in [2.45, 2.75) is 245 Å². The standard InChI is InChI=1S/C48H89Br.C14H11NO2/c1-15-32-46(26-12,27-13)38-47(28-14,35-43(17-3,18-4)19-5)39-48(36-44(20-6,21-7)22-8,37-45(23-9,24-10)25-11)34-40(16-2)41-30-29-31-42(49)33-41;1-2-15-13(16)10-7-3-5-9-6-4-8-11(12(9)10)14(15)17/h29-31,33,40H,15-28,32,34-39H2,1-14H3;3-8H,2H2,1H3. The Labute approximate surface area is 416 Å². The van der Waals surface area contributed by atoms with Crippen LogP contribution in [0, 0.1) is 32.5 Å². The van der Waals surface area contributed by atoms with Crippen molar-refractivity contribution in [1.82, 2.24) is 4.90 Å². The quantitative estimate of drug-likeness (QED) is 0.0650. The molecule has 0 N–H and O–H groups in total. The summed E-state index contributed by atoms with van der Waals surface area (Å²) in [5.74, 6) is 0.202. The van der Waals surface area contributed by atoms with Crippen LogP contribution >= 0.6 is 15.9 Å². The van der Waals surface area contributed by atoms with Gasteiger partial charge in [0.2, 0.25) is 0 Å². The first-order valence-electron chi connectivity index (χ1n) is 27.6. The average Bonchev–Trinajstić information content (AvgIpc) is 3.35. The molecule has 1 heterocycles. The van der Waals surface area contributed by atoms with Gasteiger partial charge in [0.05, 0.1) is 0 Å². The fourth-order valence-electron chi connectivity index (χ4n) is 13.9. The van der Waals surface area contributed by atoms with E-state index in [4.69, 9.17) is 0 Å². The number of halogens is 1. The number of amides is 2. The molecular formula is C62H100BrNO2. The zero-order valence-corrected chi connectivity index (χ0v) is 47.1. The molecule has 1 aliphatic rings. The molecule has 3 nitrogen and oxygen atoms in total. The van der Waals surface area contributed by atoms with Crippen LogP contribution in [-0.2, 0) is 0 Å². The number of hydrogen-bond donors (Lipinski definition) is 0. The largest absolute Gasteiger partial charge is 0.275 e. The molecule has 4 heteroatoms. The SMILES string of the molecule is CCCC(CC)(CC)CC(CC)(CC(CC)(CC)CC)CC(CC(CC)c1cccc(Br)c1)(CC(CC)(CC)CC)CC(CC)(CC)CC.CCN1C(=O)c2cccc3cccc(c23)C1=O. The molecule has 4 rings (SSSR count). The predicted molar refractivity (Wildman–Crippen MR) is 293 cm³/mol. The van der Waals surface area contributed by atoms with Crippen LogP contribution in [0.25, 0.3) is 10.8 Å². The highest BCUT2D eigenvalue weighted by atomic mass is 79.9. The Morgan fingerprint density at radius 2 is 0.848 bits per heavy atom. The molecule has 2 amide bonds. The smallest absolute Gasteiger partial charge is 0.261 e.